The summed E-state index contributed by atoms with van der Waals surface area (Å²) >= 11 is 0. The van der Waals surface area contributed by atoms with Gasteiger partial charge in [-0.15, -0.1) is 0 Å². The molecule has 0 bridgehead atoms. The third-order valence-corrected chi connectivity index (χ3v) is 5.26. The molecule has 130 valence electrons. The summed E-state index contributed by atoms with van der Waals surface area (Å²) in [6, 6.07) is 5.59. The molecule has 2 fully saturated rings. The van der Waals surface area contributed by atoms with Crippen molar-refractivity contribution in [3.8, 4) is 0 Å². The third-order valence-electron chi connectivity index (χ3n) is 5.26. The van der Waals surface area contributed by atoms with Crippen LogP contribution in [0, 0.1) is 11.8 Å². The number of piperidine rings is 1. The summed E-state index contributed by atoms with van der Waals surface area (Å²) < 4.78 is 1.58. The molecule has 0 aliphatic carbocycles. The predicted octanol–water partition coefficient (Wildman–Crippen LogP) is 0.936. The molecule has 0 aromatic carbocycles. The average Bonchev–Trinajstić information content (AvgIpc) is 3.24. The quantitative estimate of drug-likeness (QED) is 0.834. The second-order valence-corrected chi connectivity index (χ2v) is 6.83. The summed E-state index contributed by atoms with van der Waals surface area (Å²) in [5, 5.41) is 4.06. The number of rotatable bonds is 3. The van der Waals surface area contributed by atoms with E-state index in [1.54, 1.807) is 41.3 Å². The van der Waals surface area contributed by atoms with Gasteiger partial charge in [0.25, 0.3) is 5.91 Å². The van der Waals surface area contributed by atoms with E-state index in [-0.39, 0.29) is 23.7 Å². The molecule has 0 N–H and O–H groups in total. The Labute approximate surface area is 146 Å². The summed E-state index contributed by atoms with van der Waals surface area (Å²) in [7, 11) is 1.76. The Morgan fingerprint density at radius 1 is 1.28 bits per heavy atom. The first-order valence-corrected chi connectivity index (χ1v) is 8.58. The first-order chi connectivity index (χ1) is 12.1. The van der Waals surface area contributed by atoms with Crippen molar-refractivity contribution in [1.29, 1.82) is 0 Å². The minimum absolute atomic E-state index is 0.0407. The van der Waals surface area contributed by atoms with Gasteiger partial charge >= 0.3 is 0 Å². The number of likely N-dealkylation sites (tertiary alicyclic amines) is 2. The highest BCUT2D eigenvalue weighted by molar-refractivity contribution is 5.93. The van der Waals surface area contributed by atoms with Crippen molar-refractivity contribution in [3.63, 3.8) is 0 Å². The van der Waals surface area contributed by atoms with Crippen molar-refractivity contribution < 1.29 is 9.59 Å². The molecule has 4 rings (SSSR count). The lowest BCUT2D eigenvalue weighted by atomic mass is 9.88. The van der Waals surface area contributed by atoms with E-state index in [1.165, 1.54) is 0 Å². The highest BCUT2D eigenvalue weighted by Gasteiger charge is 2.44. The van der Waals surface area contributed by atoms with Gasteiger partial charge in [-0.3, -0.25) is 19.3 Å². The Hall–Kier alpha value is -2.70. The van der Waals surface area contributed by atoms with Crippen molar-refractivity contribution in [3.05, 3.63) is 48.0 Å². The smallest absolute Gasteiger partial charge is 0.272 e. The van der Waals surface area contributed by atoms with Crippen molar-refractivity contribution in [2.75, 3.05) is 19.6 Å². The number of carbonyl (C=O) groups excluding carboxylic acids is 2. The Morgan fingerprint density at radius 3 is 2.88 bits per heavy atom. The minimum Gasteiger partial charge on any atom is -0.338 e. The zero-order chi connectivity index (χ0) is 17.4. The van der Waals surface area contributed by atoms with Gasteiger partial charge in [-0.2, -0.15) is 5.10 Å². The molecule has 2 amide bonds. The third kappa shape index (κ3) is 2.90. The van der Waals surface area contributed by atoms with Crippen LogP contribution in [-0.2, 0) is 18.4 Å². The Kier molecular flexibility index (Phi) is 3.99. The van der Waals surface area contributed by atoms with Crippen LogP contribution in [0.5, 0.6) is 0 Å². The number of aryl methyl sites for hydroxylation is 1. The topological polar surface area (TPSA) is 71.3 Å². The molecular formula is C18H21N5O2. The number of hydrogen-bond donors (Lipinski definition) is 0. The molecule has 0 spiro atoms. The van der Waals surface area contributed by atoms with Gasteiger partial charge in [0.2, 0.25) is 5.91 Å². The highest BCUT2D eigenvalue weighted by Crippen LogP contribution is 2.33. The average molecular weight is 339 g/mol. The molecule has 2 atom stereocenters. The Bertz CT molecular complexity index is 788. The number of hydrogen-bond acceptors (Lipinski definition) is 4. The van der Waals surface area contributed by atoms with Gasteiger partial charge in [-0.25, -0.2) is 0 Å². The van der Waals surface area contributed by atoms with E-state index in [1.807, 2.05) is 17.0 Å². The minimum atomic E-state index is -0.0948. The molecule has 7 heteroatoms. The summed E-state index contributed by atoms with van der Waals surface area (Å²) in [6.07, 6.45) is 6.09. The summed E-state index contributed by atoms with van der Waals surface area (Å²) in [6.45, 7) is 2.48. The zero-order valence-electron chi connectivity index (χ0n) is 14.2. The second-order valence-electron chi connectivity index (χ2n) is 6.83. The summed E-state index contributed by atoms with van der Waals surface area (Å²) in [5.41, 5.74) is 1.61. The number of pyridine rings is 1. The normalized spacial score (nSPS) is 23.0. The molecule has 2 aliphatic rings. The molecule has 0 unspecified atom stereocenters. The monoisotopic (exact) mass is 339 g/mol. The maximum Gasteiger partial charge on any atom is 0.272 e. The molecular weight excluding hydrogens is 318 g/mol. The lowest BCUT2D eigenvalue weighted by Gasteiger charge is -2.33. The predicted molar refractivity (Wildman–Crippen MR) is 90.4 cm³/mol. The summed E-state index contributed by atoms with van der Waals surface area (Å²) in [5.74, 6) is 0.277. The van der Waals surface area contributed by atoms with E-state index < -0.39 is 0 Å². The molecule has 2 aromatic heterocycles. The molecule has 2 aliphatic heterocycles. The Balaban J connectivity index is 1.45. The first kappa shape index (κ1) is 15.8. The largest absolute Gasteiger partial charge is 0.338 e. The van der Waals surface area contributed by atoms with Crippen LogP contribution < -0.4 is 0 Å². The van der Waals surface area contributed by atoms with E-state index in [9.17, 15) is 9.59 Å². The van der Waals surface area contributed by atoms with Crippen LogP contribution >= 0.6 is 0 Å². The molecule has 25 heavy (non-hydrogen) atoms. The van der Waals surface area contributed by atoms with E-state index in [4.69, 9.17) is 0 Å². The lowest BCUT2D eigenvalue weighted by molar-refractivity contribution is -0.140. The SMILES string of the molecule is Cn1nccc1C(=O)N1C[C@@H]2CCN(Cc3cccnc3)C(=O)[C@H]2C1. The van der Waals surface area contributed by atoms with Gasteiger partial charge in [0.1, 0.15) is 5.69 Å². The van der Waals surface area contributed by atoms with Crippen molar-refractivity contribution in [2.45, 2.75) is 13.0 Å². The van der Waals surface area contributed by atoms with Gasteiger partial charge < -0.3 is 9.80 Å². The van der Waals surface area contributed by atoms with E-state index >= 15 is 0 Å². The molecule has 2 aromatic rings. The fraction of sp³-hybridized carbons (Fsp3) is 0.444. The van der Waals surface area contributed by atoms with Gasteiger partial charge in [-0.1, -0.05) is 6.07 Å². The number of aromatic nitrogens is 3. The van der Waals surface area contributed by atoms with Crippen LogP contribution in [0.3, 0.4) is 0 Å². The van der Waals surface area contributed by atoms with Gasteiger partial charge in [0.15, 0.2) is 0 Å². The van der Waals surface area contributed by atoms with E-state index in [0.717, 1.165) is 18.5 Å². The van der Waals surface area contributed by atoms with Crippen molar-refractivity contribution in [1.82, 2.24) is 24.6 Å². The zero-order valence-corrected chi connectivity index (χ0v) is 14.2. The van der Waals surface area contributed by atoms with Crippen LogP contribution in [0.25, 0.3) is 0 Å². The number of carbonyl (C=O) groups is 2. The molecule has 4 heterocycles. The summed E-state index contributed by atoms with van der Waals surface area (Å²) in [4.78, 5) is 33.4. The van der Waals surface area contributed by atoms with Gasteiger partial charge in [0, 0.05) is 51.8 Å². The van der Waals surface area contributed by atoms with Crippen LogP contribution in [0.2, 0.25) is 0 Å². The van der Waals surface area contributed by atoms with E-state index in [2.05, 4.69) is 10.1 Å². The van der Waals surface area contributed by atoms with Gasteiger partial charge in [-0.05, 0) is 30.0 Å². The van der Waals surface area contributed by atoms with Crippen LogP contribution in [0.15, 0.2) is 36.8 Å². The first-order valence-electron chi connectivity index (χ1n) is 8.58. The number of fused-ring (bicyclic) bond motifs is 1. The lowest BCUT2D eigenvalue weighted by Crippen LogP contribution is -2.44. The molecule has 7 nitrogen and oxygen atoms in total. The Morgan fingerprint density at radius 2 is 2.16 bits per heavy atom. The van der Waals surface area contributed by atoms with Gasteiger partial charge in [0.05, 0.1) is 5.92 Å². The van der Waals surface area contributed by atoms with Crippen molar-refractivity contribution in [2.24, 2.45) is 18.9 Å². The fourth-order valence-corrected chi connectivity index (χ4v) is 3.89. The van der Waals surface area contributed by atoms with E-state index in [0.29, 0.717) is 25.3 Å². The maximum absolute atomic E-state index is 12.9. The molecule has 0 saturated carbocycles. The van der Waals surface area contributed by atoms with Crippen molar-refractivity contribution >= 4 is 11.8 Å². The molecule has 0 radical (unpaired) electrons. The van der Waals surface area contributed by atoms with Crippen LogP contribution in [0.4, 0.5) is 0 Å². The maximum atomic E-state index is 12.9. The number of nitrogens with zero attached hydrogens (tertiary/aromatic N) is 5. The second kappa shape index (κ2) is 6.31. The molecule has 2 saturated heterocycles. The highest BCUT2D eigenvalue weighted by atomic mass is 16.2. The van der Waals surface area contributed by atoms with Crippen LogP contribution in [0.1, 0.15) is 22.5 Å². The fourth-order valence-electron chi connectivity index (χ4n) is 3.89. The number of amides is 2. The van der Waals surface area contributed by atoms with Crippen LogP contribution in [-0.4, -0.2) is 56.0 Å². The standard InChI is InChI=1S/C18H21N5O2/c1-21-16(4-7-20-21)18(25)23-11-14-5-8-22(17(24)15(14)12-23)10-13-3-2-6-19-9-13/h2-4,6-7,9,14-15H,5,8,10-12H2,1H3/t14-,15-/m0/s1.